The highest BCUT2D eigenvalue weighted by molar-refractivity contribution is 9.14. The number of halogens is 3. The average Bonchev–Trinajstić information content (AvgIpc) is 3.09. The molecule has 1 unspecified atom stereocenters. The smallest absolute Gasteiger partial charge is 0.254 e. The Morgan fingerprint density at radius 2 is 1.86 bits per heavy atom. The Kier molecular flexibility index (Phi) is 8.33. The van der Waals surface area contributed by atoms with Crippen LogP contribution in [-0.4, -0.2) is 25.0 Å². The molecule has 2 aromatic carbocycles. The van der Waals surface area contributed by atoms with Crippen molar-refractivity contribution in [3.8, 4) is 11.5 Å². The maximum absolute atomic E-state index is 14.2. The number of nitrogens with two attached hydrogens (primary N) is 1. The number of benzene rings is 2. The summed E-state index contributed by atoms with van der Waals surface area (Å²) >= 11 is 4.96. The average molecular weight is 487 g/mol. The van der Waals surface area contributed by atoms with E-state index >= 15 is 0 Å². The molecule has 1 aliphatic rings. The highest BCUT2D eigenvalue weighted by atomic mass is 79.9. The molecule has 5 nitrogen and oxygen atoms in total. The van der Waals surface area contributed by atoms with Gasteiger partial charge in [-0.25, -0.2) is 8.78 Å². The van der Waals surface area contributed by atoms with Crippen LogP contribution in [0.3, 0.4) is 0 Å². The van der Waals surface area contributed by atoms with Gasteiger partial charge in [-0.05, 0) is 57.9 Å². The highest BCUT2D eigenvalue weighted by Gasteiger charge is 2.26. The van der Waals surface area contributed by atoms with Crippen LogP contribution in [0.25, 0.3) is 5.70 Å². The van der Waals surface area contributed by atoms with Gasteiger partial charge in [0.25, 0.3) is 5.91 Å². The summed E-state index contributed by atoms with van der Waals surface area (Å²) < 4.78 is 39.2. The van der Waals surface area contributed by atoms with Crippen LogP contribution in [-0.2, 0) is 0 Å². The first kappa shape index (κ1) is 23.0. The molecule has 0 aromatic heterocycles. The number of carbonyl (C=O) groups is 1. The topological polar surface area (TPSA) is 73.6 Å². The van der Waals surface area contributed by atoms with Gasteiger partial charge in [0.15, 0.2) is 11.6 Å². The van der Waals surface area contributed by atoms with Gasteiger partial charge in [-0.2, -0.15) is 0 Å². The molecule has 1 heterocycles. The normalized spacial score (nSPS) is 15.3. The Morgan fingerprint density at radius 1 is 1.21 bits per heavy atom. The Hall–Kier alpha value is -2.26. The summed E-state index contributed by atoms with van der Waals surface area (Å²) in [6.07, 6.45) is 0. The number of ether oxygens (including phenoxy) is 2. The maximum Gasteiger partial charge on any atom is 0.254 e. The van der Waals surface area contributed by atoms with Gasteiger partial charge in [0.2, 0.25) is 0 Å². The van der Waals surface area contributed by atoms with Crippen molar-refractivity contribution in [2.24, 2.45) is 5.73 Å². The quantitative estimate of drug-likeness (QED) is 0.609. The van der Waals surface area contributed by atoms with Crippen molar-refractivity contribution >= 4 is 39.3 Å². The van der Waals surface area contributed by atoms with Crippen molar-refractivity contribution in [3.05, 3.63) is 63.0 Å². The van der Waals surface area contributed by atoms with E-state index in [0.29, 0.717) is 0 Å². The van der Waals surface area contributed by atoms with Crippen LogP contribution in [0.5, 0.6) is 11.5 Å². The minimum atomic E-state index is -1.19. The van der Waals surface area contributed by atoms with Gasteiger partial charge in [-0.1, -0.05) is 25.6 Å². The van der Waals surface area contributed by atoms with E-state index in [2.05, 4.69) is 21.2 Å². The summed E-state index contributed by atoms with van der Waals surface area (Å²) in [5, 5.41) is 3.06. The Labute approximate surface area is 180 Å². The van der Waals surface area contributed by atoms with E-state index in [1.54, 1.807) is 7.11 Å². The van der Waals surface area contributed by atoms with Gasteiger partial charge in [0.05, 0.1) is 16.6 Å². The molecular formula is C20H21BrF2N2O3S. The van der Waals surface area contributed by atoms with E-state index in [4.69, 9.17) is 15.2 Å². The Morgan fingerprint density at radius 3 is 2.45 bits per heavy atom. The second kappa shape index (κ2) is 10.5. The van der Waals surface area contributed by atoms with Crippen molar-refractivity contribution < 1.29 is 23.0 Å². The third kappa shape index (κ3) is 5.42. The number of hydrogen-bond acceptors (Lipinski definition) is 5. The molecule has 0 fully saturated rings. The number of hydrogen-bond donors (Lipinski definition) is 2. The van der Waals surface area contributed by atoms with Gasteiger partial charge in [0.1, 0.15) is 29.1 Å². The molecule has 0 spiro atoms. The van der Waals surface area contributed by atoms with Crippen LogP contribution in [0.15, 0.2) is 40.2 Å². The summed E-state index contributed by atoms with van der Waals surface area (Å²) in [5.74, 6) is -2.80. The molecule has 3 N–H and O–H groups in total. The van der Waals surface area contributed by atoms with E-state index in [1.807, 2.05) is 38.1 Å². The van der Waals surface area contributed by atoms with Crippen molar-refractivity contribution in [1.82, 2.24) is 5.32 Å². The molecule has 9 heteroatoms. The molecule has 1 amide bonds. The minimum Gasteiger partial charge on any atom is -0.497 e. The fourth-order valence-corrected chi connectivity index (χ4v) is 4.37. The number of amides is 1. The fraction of sp³-hybridized carbons (Fsp3) is 0.250. The van der Waals surface area contributed by atoms with Crippen LogP contribution < -0.4 is 20.5 Å². The number of thioether (sulfide) groups is 1. The summed E-state index contributed by atoms with van der Waals surface area (Å²) in [4.78, 5) is 11.2. The summed E-state index contributed by atoms with van der Waals surface area (Å²) in [6, 6.07) is 9.58. The monoisotopic (exact) mass is 486 g/mol. The van der Waals surface area contributed by atoms with Crippen LogP contribution >= 0.6 is 27.7 Å². The first-order valence-electron chi connectivity index (χ1n) is 8.78. The molecule has 0 radical (unpaired) electrons. The molecule has 156 valence electrons. The first-order valence-corrected chi connectivity index (χ1v) is 10.5. The molecule has 0 aliphatic carbocycles. The van der Waals surface area contributed by atoms with E-state index < -0.39 is 23.1 Å². The van der Waals surface area contributed by atoms with Crippen LogP contribution in [0.1, 0.15) is 29.8 Å². The molecule has 0 saturated carbocycles. The summed E-state index contributed by atoms with van der Waals surface area (Å²) in [7, 11) is 1.60. The third-order valence-corrected chi connectivity index (χ3v) is 5.73. The van der Waals surface area contributed by atoms with Gasteiger partial charge < -0.3 is 20.5 Å². The van der Waals surface area contributed by atoms with Crippen LogP contribution in [0.2, 0.25) is 0 Å². The molecule has 1 atom stereocenters. The van der Waals surface area contributed by atoms with Crippen molar-refractivity contribution in [2.75, 3.05) is 13.7 Å². The summed E-state index contributed by atoms with van der Waals surface area (Å²) in [5.41, 5.74) is 6.02. The molecular weight excluding hydrogens is 466 g/mol. The lowest BCUT2D eigenvalue weighted by molar-refractivity contribution is 0.0991. The number of nitrogens with one attached hydrogen (secondary N) is 1. The van der Waals surface area contributed by atoms with Gasteiger partial charge >= 0.3 is 0 Å². The Balaban J connectivity index is 0.00000145. The second-order valence-electron chi connectivity index (χ2n) is 5.54. The van der Waals surface area contributed by atoms with E-state index in [0.717, 1.165) is 33.0 Å². The number of rotatable bonds is 6. The number of carbonyl (C=O) groups excluding carboxylic acids is 1. The van der Waals surface area contributed by atoms with Gasteiger partial charge in [-0.3, -0.25) is 4.79 Å². The molecule has 0 saturated heterocycles. The highest BCUT2D eigenvalue weighted by Crippen LogP contribution is 2.39. The minimum absolute atomic E-state index is 0.0835. The second-order valence-corrected chi connectivity index (χ2v) is 8.07. The zero-order chi connectivity index (χ0) is 21.6. The van der Waals surface area contributed by atoms with Crippen LogP contribution in [0, 0.1) is 11.6 Å². The van der Waals surface area contributed by atoms with E-state index in [1.165, 1.54) is 11.8 Å². The zero-order valence-electron chi connectivity index (χ0n) is 16.1. The van der Waals surface area contributed by atoms with Gasteiger partial charge in [0, 0.05) is 0 Å². The van der Waals surface area contributed by atoms with Crippen molar-refractivity contribution in [2.45, 2.75) is 19.2 Å². The number of primary amides is 1. The molecule has 3 rings (SSSR count). The first-order chi connectivity index (χ1) is 13.9. The van der Waals surface area contributed by atoms with Crippen molar-refractivity contribution in [3.63, 3.8) is 0 Å². The van der Waals surface area contributed by atoms with Gasteiger partial charge in [-0.15, -0.1) is 0 Å². The van der Waals surface area contributed by atoms with E-state index in [-0.39, 0.29) is 17.7 Å². The molecule has 2 aromatic rings. The lowest BCUT2D eigenvalue weighted by atomic mass is 10.1. The lowest BCUT2D eigenvalue weighted by Crippen LogP contribution is -2.27. The molecule has 29 heavy (non-hydrogen) atoms. The fourth-order valence-electron chi connectivity index (χ4n) is 2.50. The van der Waals surface area contributed by atoms with E-state index in [9.17, 15) is 13.6 Å². The third-order valence-electron chi connectivity index (χ3n) is 3.82. The summed E-state index contributed by atoms with van der Waals surface area (Å²) in [6.45, 7) is 4.08. The molecule has 1 aliphatic heterocycles. The predicted molar refractivity (Wildman–Crippen MR) is 115 cm³/mol. The largest absolute Gasteiger partial charge is 0.497 e. The standard InChI is InChI=1S/C18H15BrF2N2O3S.C2H6/c1-25-10-4-2-9(3-5-10)16-17(19)27-13(23-16)8-26-12-7-6-11(20)14(15(12)21)18(22)24;1-2/h2-7,13,23H,8H2,1H3,(H2,22,24);1-2H3. The Bertz CT molecular complexity index is 907. The van der Waals surface area contributed by atoms with Crippen LogP contribution in [0.4, 0.5) is 8.78 Å². The SMILES string of the molecule is CC.COc1ccc(C2=C(Br)SC(COc3ccc(F)c(C(N)=O)c3F)N2)cc1. The lowest BCUT2D eigenvalue weighted by Gasteiger charge is -2.15. The number of methoxy groups -OCH3 is 1. The maximum atomic E-state index is 14.2. The molecule has 0 bridgehead atoms. The van der Waals surface area contributed by atoms with Crippen molar-refractivity contribution in [1.29, 1.82) is 0 Å². The predicted octanol–water partition coefficient (Wildman–Crippen LogP) is 4.86. The zero-order valence-corrected chi connectivity index (χ0v) is 18.5.